The Balaban J connectivity index is 2.48. The molecule has 0 bridgehead atoms. The minimum atomic E-state index is 0.278. The maximum absolute atomic E-state index is 5.75. The molecule has 1 rings (SSSR count). The Morgan fingerprint density at radius 1 is 1.37 bits per heavy atom. The number of hydrogen-bond donors (Lipinski definition) is 1. The van der Waals surface area contributed by atoms with Crippen LogP contribution in [0.2, 0.25) is 0 Å². The molecule has 0 unspecified atom stereocenters. The first-order valence-electron chi connectivity index (χ1n) is 6.57. The lowest BCUT2D eigenvalue weighted by Crippen LogP contribution is -2.29. The van der Waals surface area contributed by atoms with Crippen molar-refractivity contribution in [1.29, 1.82) is 0 Å². The minimum absolute atomic E-state index is 0.278. The van der Waals surface area contributed by atoms with E-state index in [1.165, 1.54) is 5.56 Å². The lowest BCUT2D eigenvalue weighted by Gasteiger charge is -2.25. The molecule has 0 saturated carbocycles. The number of alkyl halides is 1. The fraction of sp³-hybridized carbons (Fsp3) is 0.600. The SMILES string of the molecule is COc1ccc(Br)c(CNCC(C)(C)CCCCl)c1. The third-order valence-corrected chi connectivity index (χ3v) is 4.20. The van der Waals surface area contributed by atoms with E-state index < -0.39 is 0 Å². The van der Waals surface area contributed by atoms with Crippen LogP contribution in [0.15, 0.2) is 22.7 Å². The topological polar surface area (TPSA) is 21.3 Å². The molecule has 0 aromatic heterocycles. The van der Waals surface area contributed by atoms with Gasteiger partial charge in [0.2, 0.25) is 0 Å². The molecule has 0 aliphatic carbocycles. The van der Waals surface area contributed by atoms with Gasteiger partial charge in [0.25, 0.3) is 0 Å². The molecular formula is C15H23BrClNO. The number of halogens is 2. The molecule has 0 aliphatic heterocycles. The third-order valence-electron chi connectivity index (χ3n) is 3.16. The van der Waals surface area contributed by atoms with Gasteiger partial charge in [0.1, 0.15) is 5.75 Å². The van der Waals surface area contributed by atoms with Crippen molar-refractivity contribution >= 4 is 27.5 Å². The van der Waals surface area contributed by atoms with Gasteiger partial charge >= 0.3 is 0 Å². The molecule has 19 heavy (non-hydrogen) atoms. The standard InChI is InChI=1S/C15H23BrClNO/c1-15(2,7-4-8-17)11-18-10-12-9-13(19-3)5-6-14(12)16/h5-6,9,18H,4,7-8,10-11H2,1-3H3. The van der Waals surface area contributed by atoms with Crippen LogP contribution in [-0.4, -0.2) is 19.5 Å². The summed E-state index contributed by atoms with van der Waals surface area (Å²) in [7, 11) is 1.69. The molecule has 0 radical (unpaired) electrons. The van der Waals surface area contributed by atoms with Crippen LogP contribution in [0.1, 0.15) is 32.3 Å². The molecule has 1 aromatic rings. The number of benzene rings is 1. The van der Waals surface area contributed by atoms with E-state index in [4.69, 9.17) is 16.3 Å². The normalized spacial score (nSPS) is 11.6. The van der Waals surface area contributed by atoms with Crippen LogP contribution < -0.4 is 10.1 Å². The van der Waals surface area contributed by atoms with Gasteiger partial charge in [0, 0.05) is 23.4 Å². The Labute approximate surface area is 130 Å². The van der Waals surface area contributed by atoms with E-state index in [0.717, 1.165) is 42.0 Å². The van der Waals surface area contributed by atoms with Crippen molar-refractivity contribution in [3.05, 3.63) is 28.2 Å². The highest BCUT2D eigenvalue weighted by atomic mass is 79.9. The van der Waals surface area contributed by atoms with Crippen LogP contribution >= 0.6 is 27.5 Å². The van der Waals surface area contributed by atoms with Crippen LogP contribution in [0.4, 0.5) is 0 Å². The first-order valence-corrected chi connectivity index (χ1v) is 7.90. The summed E-state index contributed by atoms with van der Waals surface area (Å²) in [5, 5.41) is 3.51. The van der Waals surface area contributed by atoms with Crippen LogP contribution in [-0.2, 0) is 6.54 Å². The van der Waals surface area contributed by atoms with Gasteiger partial charge in [-0.15, -0.1) is 11.6 Å². The lowest BCUT2D eigenvalue weighted by molar-refractivity contribution is 0.311. The number of nitrogens with one attached hydrogen (secondary N) is 1. The Hall–Kier alpha value is -0.250. The molecule has 1 N–H and O–H groups in total. The number of methoxy groups -OCH3 is 1. The van der Waals surface area contributed by atoms with Gasteiger partial charge in [-0.1, -0.05) is 29.8 Å². The fourth-order valence-corrected chi connectivity index (χ4v) is 2.50. The summed E-state index contributed by atoms with van der Waals surface area (Å²) in [6, 6.07) is 6.04. The summed E-state index contributed by atoms with van der Waals surface area (Å²) in [6.07, 6.45) is 2.21. The van der Waals surface area contributed by atoms with Crippen LogP contribution in [0.25, 0.3) is 0 Å². The highest BCUT2D eigenvalue weighted by Crippen LogP contribution is 2.24. The average molecular weight is 349 g/mol. The molecule has 0 saturated heterocycles. The second-order valence-electron chi connectivity index (χ2n) is 5.52. The average Bonchev–Trinajstić information content (AvgIpc) is 2.38. The molecule has 0 atom stereocenters. The number of ether oxygens (including phenoxy) is 1. The van der Waals surface area contributed by atoms with Crippen molar-refractivity contribution in [1.82, 2.24) is 5.32 Å². The molecule has 0 aliphatic rings. The Morgan fingerprint density at radius 2 is 2.11 bits per heavy atom. The molecule has 1 aromatic carbocycles. The van der Waals surface area contributed by atoms with Gasteiger partial charge in [0.05, 0.1) is 7.11 Å². The molecule has 0 heterocycles. The van der Waals surface area contributed by atoms with Gasteiger partial charge in [-0.25, -0.2) is 0 Å². The molecule has 2 nitrogen and oxygen atoms in total. The maximum Gasteiger partial charge on any atom is 0.119 e. The second-order valence-corrected chi connectivity index (χ2v) is 6.75. The summed E-state index contributed by atoms with van der Waals surface area (Å²) in [5.74, 6) is 1.63. The number of hydrogen-bond acceptors (Lipinski definition) is 2. The van der Waals surface area contributed by atoms with E-state index in [1.807, 2.05) is 12.1 Å². The van der Waals surface area contributed by atoms with Crippen LogP contribution in [0, 0.1) is 5.41 Å². The quantitative estimate of drug-likeness (QED) is 0.694. The summed E-state index contributed by atoms with van der Waals surface area (Å²) in [4.78, 5) is 0. The molecule has 0 fully saturated rings. The van der Waals surface area contributed by atoms with Crippen molar-refractivity contribution in [3.63, 3.8) is 0 Å². The van der Waals surface area contributed by atoms with Gasteiger partial charge in [0.15, 0.2) is 0 Å². The van der Waals surface area contributed by atoms with E-state index in [-0.39, 0.29) is 5.41 Å². The molecule has 4 heteroatoms. The predicted octanol–water partition coefficient (Wildman–Crippen LogP) is 4.59. The van der Waals surface area contributed by atoms with E-state index in [2.05, 4.69) is 41.2 Å². The highest BCUT2D eigenvalue weighted by molar-refractivity contribution is 9.10. The zero-order valence-electron chi connectivity index (χ0n) is 11.9. The van der Waals surface area contributed by atoms with Gasteiger partial charge in [-0.3, -0.25) is 0 Å². The van der Waals surface area contributed by atoms with Gasteiger partial charge in [-0.05, 0) is 42.0 Å². The van der Waals surface area contributed by atoms with Gasteiger partial charge < -0.3 is 10.1 Å². The van der Waals surface area contributed by atoms with Crippen molar-refractivity contribution in [2.45, 2.75) is 33.2 Å². The van der Waals surface area contributed by atoms with Crippen LogP contribution in [0.5, 0.6) is 5.75 Å². The summed E-state index contributed by atoms with van der Waals surface area (Å²) in [5.41, 5.74) is 1.49. The molecule has 108 valence electrons. The molecule has 0 spiro atoms. The minimum Gasteiger partial charge on any atom is -0.497 e. The smallest absolute Gasteiger partial charge is 0.119 e. The predicted molar refractivity (Wildman–Crippen MR) is 86.1 cm³/mol. The van der Waals surface area contributed by atoms with E-state index in [1.54, 1.807) is 7.11 Å². The van der Waals surface area contributed by atoms with Crippen molar-refractivity contribution in [3.8, 4) is 5.75 Å². The first kappa shape index (κ1) is 16.8. The van der Waals surface area contributed by atoms with Gasteiger partial charge in [-0.2, -0.15) is 0 Å². The zero-order valence-corrected chi connectivity index (χ0v) is 14.3. The van der Waals surface area contributed by atoms with E-state index in [0.29, 0.717) is 0 Å². The molecule has 0 amide bonds. The maximum atomic E-state index is 5.75. The summed E-state index contributed by atoms with van der Waals surface area (Å²) < 4.78 is 6.36. The van der Waals surface area contributed by atoms with Crippen LogP contribution in [0.3, 0.4) is 0 Å². The number of rotatable bonds is 8. The van der Waals surface area contributed by atoms with Crippen molar-refractivity contribution in [2.24, 2.45) is 5.41 Å². The van der Waals surface area contributed by atoms with Crippen molar-refractivity contribution < 1.29 is 4.74 Å². The van der Waals surface area contributed by atoms with E-state index >= 15 is 0 Å². The largest absolute Gasteiger partial charge is 0.497 e. The zero-order chi connectivity index (χ0) is 14.3. The van der Waals surface area contributed by atoms with E-state index in [9.17, 15) is 0 Å². The summed E-state index contributed by atoms with van der Waals surface area (Å²) in [6.45, 7) is 6.36. The Morgan fingerprint density at radius 3 is 2.74 bits per heavy atom. The monoisotopic (exact) mass is 347 g/mol. The Kier molecular flexibility index (Phi) is 7.19. The Bertz CT molecular complexity index is 396. The second kappa shape index (κ2) is 8.13. The summed E-state index contributed by atoms with van der Waals surface area (Å²) >= 11 is 9.32. The fourth-order valence-electron chi connectivity index (χ4n) is 1.98. The highest BCUT2D eigenvalue weighted by Gasteiger charge is 2.16. The van der Waals surface area contributed by atoms with Crippen molar-refractivity contribution in [2.75, 3.05) is 19.5 Å². The third kappa shape index (κ3) is 6.15. The molecular weight excluding hydrogens is 326 g/mol. The first-order chi connectivity index (χ1) is 8.98. The lowest BCUT2D eigenvalue weighted by atomic mass is 9.88.